The maximum absolute atomic E-state index is 11.5. The summed E-state index contributed by atoms with van der Waals surface area (Å²) in [7, 11) is 0. The lowest BCUT2D eigenvalue weighted by molar-refractivity contribution is -0.137. The average molecular weight is 257 g/mol. The molecule has 18 heavy (non-hydrogen) atoms. The number of carboxylic acids is 1. The van der Waals surface area contributed by atoms with Gasteiger partial charge < -0.3 is 19.8 Å². The fourth-order valence-corrected chi connectivity index (χ4v) is 2.01. The first-order chi connectivity index (χ1) is 8.54. The van der Waals surface area contributed by atoms with Crippen LogP contribution in [0, 0.1) is 5.92 Å². The maximum atomic E-state index is 11.5. The van der Waals surface area contributed by atoms with Gasteiger partial charge in [-0.2, -0.15) is 0 Å². The molecule has 1 amide bonds. The number of carboxylic acid groups (broad SMARTS) is 1. The fourth-order valence-electron chi connectivity index (χ4n) is 2.01. The van der Waals surface area contributed by atoms with E-state index in [0.717, 1.165) is 0 Å². The quantitative estimate of drug-likeness (QED) is 0.713. The van der Waals surface area contributed by atoms with Crippen LogP contribution >= 0.6 is 0 Å². The molecular weight excluding hydrogens is 238 g/mol. The van der Waals surface area contributed by atoms with Crippen LogP contribution in [0.3, 0.4) is 0 Å². The van der Waals surface area contributed by atoms with E-state index in [0.29, 0.717) is 19.4 Å². The highest BCUT2D eigenvalue weighted by atomic mass is 16.6. The first-order valence-electron chi connectivity index (χ1n) is 5.97. The van der Waals surface area contributed by atoms with Gasteiger partial charge in [0.1, 0.15) is 6.61 Å². The van der Waals surface area contributed by atoms with Gasteiger partial charge in [-0.15, -0.1) is 0 Å². The lowest BCUT2D eigenvalue weighted by atomic mass is 9.90. The number of likely N-dealkylation sites (tertiary alicyclic amines) is 1. The minimum atomic E-state index is -0.866. The van der Waals surface area contributed by atoms with E-state index >= 15 is 0 Å². The summed E-state index contributed by atoms with van der Waals surface area (Å²) >= 11 is 0. The molecule has 0 aliphatic carbocycles. The highest BCUT2D eigenvalue weighted by molar-refractivity contribution is 5.68. The summed E-state index contributed by atoms with van der Waals surface area (Å²) in [6.07, 6.45) is 1.40. The van der Waals surface area contributed by atoms with Crippen molar-refractivity contribution in [3.8, 4) is 0 Å². The number of hydrogen-bond acceptors (Lipinski definition) is 4. The predicted octanol–water partition coefficient (Wildman–Crippen LogP) is 0.857. The summed E-state index contributed by atoms with van der Waals surface area (Å²) in [5.74, 6) is -0.931. The zero-order chi connectivity index (χ0) is 13.5. The highest BCUT2D eigenvalue weighted by Gasteiger charge is 2.30. The number of aliphatic carboxylic acids is 1. The summed E-state index contributed by atoms with van der Waals surface area (Å²) in [4.78, 5) is 23.4. The third-order valence-electron chi connectivity index (χ3n) is 3.03. The second kappa shape index (κ2) is 7.00. The third-order valence-corrected chi connectivity index (χ3v) is 3.03. The Morgan fingerprint density at radius 3 is 2.78 bits per heavy atom. The summed E-state index contributed by atoms with van der Waals surface area (Å²) < 4.78 is 4.88. The number of β-amino-alcohol motifs (C(OH)–C–C–N with tert-alkyl or cyclic N) is 1. The molecule has 0 aromatic rings. The summed E-state index contributed by atoms with van der Waals surface area (Å²) in [5, 5.41) is 18.5. The first-order valence-corrected chi connectivity index (χ1v) is 5.97. The zero-order valence-electron chi connectivity index (χ0n) is 10.2. The Morgan fingerprint density at radius 1 is 1.50 bits per heavy atom. The van der Waals surface area contributed by atoms with E-state index < -0.39 is 18.2 Å². The number of rotatable bonds is 5. The zero-order valence-corrected chi connectivity index (χ0v) is 10.2. The second-order valence-electron chi connectivity index (χ2n) is 4.36. The van der Waals surface area contributed by atoms with Gasteiger partial charge in [0.05, 0.1) is 12.6 Å². The topological polar surface area (TPSA) is 87.1 Å². The molecule has 1 rings (SSSR count). The fraction of sp³-hybridized carbons (Fsp3) is 0.667. The SMILES string of the molecule is C=CCOC(=O)N1CCC(CCC(=O)O)C(O)C1. The Hall–Kier alpha value is -1.56. The molecule has 6 nitrogen and oxygen atoms in total. The predicted molar refractivity (Wildman–Crippen MR) is 64.1 cm³/mol. The minimum Gasteiger partial charge on any atom is -0.481 e. The van der Waals surface area contributed by atoms with E-state index in [2.05, 4.69) is 6.58 Å². The summed E-state index contributed by atoms with van der Waals surface area (Å²) in [6.45, 7) is 4.27. The van der Waals surface area contributed by atoms with E-state index in [1.807, 2.05) is 0 Å². The van der Waals surface area contributed by atoms with Crippen molar-refractivity contribution in [2.75, 3.05) is 19.7 Å². The van der Waals surface area contributed by atoms with E-state index in [4.69, 9.17) is 9.84 Å². The molecule has 2 N–H and O–H groups in total. The molecule has 1 heterocycles. The number of aliphatic hydroxyl groups is 1. The van der Waals surface area contributed by atoms with Gasteiger partial charge in [-0.3, -0.25) is 4.79 Å². The average Bonchev–Trinajstić information content (AvgIpc) is 2.34. The van der Waals surface area contributed by atoms with Crippen LogP contribution in [0.5, 0.6) is 0 Å². The molecule has 0 saturated carbocycles. The van der Waals surface area contributed by atoms with Crippen molar-refractivity contribution in [1.82, 2.24) is 4.90 Å². The van der Waals surface area contributed by atoms with Gasteiger partial charge in [0.2, 0.25) is 0 Å². The number of ether oxygens (including phenoxy) is 1. The number of amides is 1. The Kier molecular flexibility index (Phi) is 5.64. The van der Waals surface area contributed by atoms with E-state index in [-0.39, 0.29) is 25.5 Å². The van der Waals surface area contributed by atoms with Crippen molar-refractivity contribution in [3.05, 3.63) is 12.7 Å². The Bertz CT molecular complexity index is 318. The molecule has 0 aromatic carbocycles. The maximum Gasteiger partial charge on any atom is 0.410 e. The van der Waals surface area contributed by atoms with Gasteiger partial charge in [0.25, 0.3) is 0 Å². The lowest BCUT2D eigenvalue weighted by Crippen LogP contribution is -2.46. The molecule has 0 aromatic heterocycles. The van der Waals surface area contributed by atoms with Crippen LogP contribution in [-0.4, -0.2) is 53.0 Å². The van der Waals surface area contributed by atoms with Crippen molar-refractivity contribution in [2.45, 2.75) is 25.4 Å². The highest BCUT2D eigenvalue weighted by Crippen LogP contribution is 2.22. The van der Waals surface area contributed by atoms with Crippen LogP contribution in [0.1, 0.15) is 19.3 Å². The van der Waals surface area contributed by atoms with Crippen LogP contribution in [0.15, 0.2) is 12.7 Å². The molecule has 102 valence electrons. The van der Waals surface area contributed by atoms with Crippen molar-refractivity contribution >= 4 is 12.1 Å². The molecule has 1 aliphatic rings. The number of carbonyl (C=O) groups is 2. The Labute approximate surface area is 106 Å². The third kappa shape index (κ3) is 4.37. The monoisotopic (exact) mass is 257 g/mol. The van der Waals surface area contributed by atoms with Gasteiger partial charge in [-0.05, 0) is 18.8 Å². The molecule has 2 unspecified atom stereocenters. The van der Waals surface area contributed by atoms with Crippen molar-refractivity contribution in [1.29, 1.82) is 0 Å². The molecule has 2 atom stereocenters. The van der Waals surface area contributed by atoms with Gasteiger partial charge in [-0.25, -0.2) is 4.79 Å². The standard InChI is InChI=1S/C12H19NO5/c1-2-7-18-12(17)13-6-5-9(10(14)8-13)3-4-11(15)16/h2,9-10,14H,1,3-8H2,(H,15,16). The molecule has 1 aliphatic heterocycles. The Balaban J connectivity index is 2.37. The Morgan fingerprint density at radius 2 is 2.22 bits per heavy atom. The normalized spacial score (nSPS) is 23.5. The summed E-state index contributed by atoms with van der Waals surface area (Å²) in [5.41, 5.74) is 0. The second-order valence-corrected chi connectivity index (χ2v) is 4.36. The molecule has 0 spiro atoms. The number of hydrogen-bond donors (Lipinski definition) is 2. The van der Waals surface area contributed by atoms with Crippen molar-refractivity contribution < 1.29 is 24.5 Å². The van der Waals surface area contributed by atoms with Gasteiger partial charge in [-0.1, -0.05) is 12.7 Å². The smallest absolute Gasteiger partial charge is 0.410 e. The van der Waals surface area contributed by atoms with Crippen LogP contribution < -0.4 is 0 Å². The van der Waals surface area contributed by atoms with E-state index in [1.54, 1.807) is 0 Å². The van der Waals surface area contributed by atoms with Crippen molar-refractivity contribution in [3.63, 3.8) is 0 Å². The van der Waals surface area contributed by atoms with Gasteiger partial charge >= 0.3 is 12.1 Å². The molecule has 0 bridgehead atoms. The molecule has 1 saturated heterocycles. The summed E-state index contributed by atoms with van der Waals surface area (Å²) in [6, 6.07) is 0. The van der Waals surface area contributed by atoms with E-state index in [1.165, 1.54) is 11.0 Å². The van der Waals surface area contributed by atoms with Crippen LogP contribution in [-0.2, 0) is 9.53 Å². The van der Waals surface area contributed by atoms with Gasteiger partial charge in [0, 0.05) is 13.0 Å². The van der Waals surface area contributed by atoms with E-state index in [9.17, 15) is 14.7 Å². The van der Waals surface area contributed by atoms with Gasteiger partial charge in [0.15, 0.2) is 0 Å². The largest absolute Gasteiger partial charge is 0.481 e. The van der Waals surface area contributed by atoms with Crippen LogP contribution in [0.25, 0.3) is 0 Å². The molecule has 6 heteroatoms. The van der Waals surface area contributed by atoms with Crippen LogP contribution in [0.4, 0.5) is 4.79 Å². The minimum absolute atomic E-state index is 0.0443. The number of aliphatic hydroxyl groups excluding tert-OH is 1. The first kappa shape index (κ1) is 14.5. The molecule has 0 radical (unpaired) electrons. The van der Waals surface area contributed by atoms with Crippen molar-refractivity contribution in [2.24, 2.45) is 5.92 Å². The number of carbonyl (C=O) groups excluding carboxylic acids is 1. The molecule has 1 fully saturated rings. The number of nitrogens with zero attached hydrogens (tertiary/aromatic N) is 1. The van der Waals surface area contributed by atoms with Crippen LogP contribution in [0.2, 0.25) is 0 Å². The number of piperidine rings is 1. The lowest BCUT2D eigenvalue weighted by Gasteiger charge is -2.35. The molecular formula is C12H19NO5.